The molecule has 1 atom stereocenters. The van der Waals surface area contributed by atoms with Crippen LogP contribution in [0, 0.1) is 0 Å². The van der Waals surface area contributed by atoms with Gasteiger partial charge in [0.2, 0.25) is 5.91 Å². The molecule has 118 valence electrons. The van der Waals surface area contributed by atoms with Gasteiger partial charge in [0.15, 0.2) is 0 Å². The molecule has 0 aromatic rings. The van der Waals surface area contributed by atoms with E-state index in [1.54, 1.807) is 7.05 Å². The van der Waals surface area contributed by atoms with E-state index < -0.39 is 5.54 Å². The second-order valence-corrected chi connectivity index (χ2v) is 6.37. The molecule has 5 heteroatoms. The van der Waals surface area contributed by atoms with Crippen LogP contribution in [0.4, 0.5) is 0 Å². The zero-order valence-corrected chi connectivity index (χ0v) is 13.6. The number of carbonyl (C=O) groups is 1. The topological polar surface area (TPSA) is 61.6 Å². The van der Waals surface area contributed by atoms with Crippen LogP contribution in [0.1, 0.15) is 40.0 Å². The molecule has 0 saturated carbocycles. The van der Waals surface area contributed by atoms with Gasteiger partial charge < -0.3 is 16.0 Å². The summed E-state index contributed by atoms with van der Waals surface area (Å²) in [4.78, 5) is 16.4. The highest BCUT2D eigenvalue weighted by molar-refractivity contribution is 5.84. The quantitative estimate of drug-likeness (QED) is 0.642. The minimum atomic E-state index is -0.559. The number of nitrogens with zero attached hydrogens (tertiary/aromatic N) is 2. The van der Waals surface area contributed by atoms with Crippen molar-refractivity contribution >= 4 is 5.91 Å². The third-order valence-electron chi connectivity index (χ3n) is 4.63. The van der Waals surface area contributed by atoms with Crippen molar-refractivity contribution in [3.05, 3.63) is 0 Å². The van der Waals surface area contributed by atoms with E-state index in [-0.39, 0.29) is 5.91 Å². The molecule has 0 aromatic heterocycles. The number of carbonyl (C=O) groups excluding carboxylic acids is 1. The van der Waals surface area contributed by atoms with E-state index in [0.717, 1.165) is 38.9 Å². The molecule has 1 amide bonds. The molecule has 3 N–H and O–H groups in total. The van der Waals surface area contributed by atoms with Crippen LogP contribution >= 0.6 is 0 Å². The highest BCUT2D eigenvalue weighted by Crippen LogP contribution is 2.14. The zero-order chi connectivity index (χ0) is 15.2. The van der Waals surface area contributed by atoms with Crippen molar-refractivity contribution < 1.29 is 4.79 Å². The van der Waals surface area contributed by atoms with Crippen LogP contribution in [-0.4, -0.2) is 67.1 Å². The summed E-state index contributed by atoms with van der Waals surface area (Å²) in [6.07, 6.45) is 2.97. The van der Waals surface area contributed by atoms with Crippen LogP contribution in [0.5, 0.6) is 0 Å². The minimum absolute atomic E-state index is 0.259. The summed E-state index contributed by atoms with van der Waals surface area (Å²) in [7, 11) is 1.80. The summed E-state index contributed by atoms with van der Waals surface area (Å²) in [5.41, 5.74) is 4.87. The first kappa shape index (κ1) is 17.4. The third kappa shape index (κ3) is 5.04. The highest BCUT2D eigenvalue weighted by Gasteiger charge is 2.28. The first-order valence-corrected chi connectivity index (χ1v) is 7.84. The van der Waals surface area contributed by atoms with Crippen molar-refractivity contribution in [2.75, 3.05) is 39.8 Å². The van der Waals surface area contributed by atoms with Gasteiger partial charge in [0, 0.05) is 32.2 Å². The summed E-state index contributed by atoms with van der Waals surface area (Å²) < 4.78 is 0. The van der Waals surface area contributed by atoms with Gasteiger partial charge in [-0.2, -0.15) is 0 Å². The summed E-state index contributed by atoms with van der Waals surface area (Å²) in [5, 5.41) is 3.04. The minimum Gasteiger partial charge on any atom is -0.368 e. The molecule has 0 radical (unpaired) electrons. The second-order valence-electron chi connectivity index (χ2n) is 6.37. The van der Waals surface area contributed by atoms with Crippen molar-refractivity contribution in [1.29, 1.82) is 0 Å². The lowest BCUT2D eigenvalue weighted by Gasteiger charge is -2.37. The van der Waals surface area contributed by atoms with Crippen LogP contribution in [0.15, 0.2) is 0 Å². The normalized spacial score (nSPS) is 21.1. The van der Waals surface area contributed by atoms with E-state index in [4.69, 9.17) is 5.73 Å². The molecular formula is C15H32N4O. The maximum atomic E-state index is 11.4. The van der Waals surface area contributed by atoms with E-state index in [9.17, 15) is 4.79 Å². The predicted octanol–water partition coefficient (Wildman–Crippen LogP) is 0.646. The molecule has 1 fully saturated rings. The summed E-state index contributed by atoms with van der Waals surface area (Å²) >= 11 is 0. The Morgan fingerprint density at radius 1 is 1.25 bits per heavy atom. The first-order valence-electron chi connectivity index (χ1n) is 7.84. The summed E-state index contributed by atoms with van der Waals surface area (Å²) in [6, 6.07) is 0.657. The van der Waals surface area contributed by atoms with E-state index in [1.165, 1.54) is 13.1 Å². The molecular weight excluding hydrogens is 252 g/mol. The monoisotopic (exact) mass is 284 g/mol. The Kier molecular flexibility index (Phi) is 6.92. The molecule has 1 saturated heterocycles. The van der Waals surface area contributed by atoms with Gasteiger partial charge in [-0.05, 0) is 53.6 Å². The highest BCUT2D eigenvalue weighted by atomic mass is 16.1. The molecule has 0 spiro atoms. The fourth-order valence-corrected chi connectivity index (χ4v) is 2.69. The number of piperazine rings is 1. The lowest BCUT2D eigenvalue weighted by Crippen LogP contribution is -2.51. The standard InChI is InChI=1S/C15H32N4O/c1-13(2)19-11-9-18(10-12-19)8-6-5-7-15(3,17-4)14(16)20/h13,17H,5-12H2,1-4H3,(H2,16,20). The maximum Gasteiger partial charge on any atom is 0.237 e. The van der Waals surface area contributed by atoms with Gasteiger partial charge in [0.05, 0.1) is 5.54 Å². The van der Waals surface area contributed by atoms with Crippen molar-refractivity contribution in [1.82, 2.24) is 15.1 Å². The second kappa shape index (κ2) is 7.96. The van der Waals surface area contributed by atoms with Gasteiger partial charge in [-0.3, -0.25) is 9.69 Å². The number of nitrogens with two attached hydrogens (primary N) is 1. The number of hydrogen-bond donors (Lipinski definition) is 2. The Bertz CT molecular complexity index is 300. The average molecular weight is 284 g/mol. The van der Waals surface area contributed by atoms with Gasteiger partial charge in [-0.15, -0.1) is 0 Å². The molecule has 1 aliphatic heterocycles. The Hall–Kier alpha value is -0.650. The zero-order valence-electron chi connectivity index (χ0n) is 13.6. The SMILES string of the molecule is CNC(C)(CCCCN1CCN(C(C)C)CC1)C(N)=O. The van der Waals surface area contributed by atoms with Crippen LogP contribution in [-0.2, 0) is 4.79 Å². The number of likely N-dealkylation sites (N-methyl/N-ethyl adjacent to an activating group) is 1. The maximum absolute atomic E-state index is 11.4. The van der Waals surface area contributed by atoms with Crippen LogP contribution in [0.25, 0.3) is 0 Å². The Morgan fingerprint density at radius 2 is 1.85 bits per heavy atom. The Labute approximate surface area is 123 Å². The first-order chi connectivity index (χ1) is 9.39. The van der Waals surface area contributed by atoms with Crippen molar-refractivity contribution in [2.45, 2.75) is 51.6 Å². The fraction of sp³-hybridized carbons (Fsp3) is 0.933. The largest absolute Gasteiger partial charge is 0.368 e. The number of primary amides is 1. The molecule has 0 aromatic carbocycles. The number of nitrogens with one attached hydrogen (secondary N) is 1. The van der Waals surface area contributed by atoms with Crippen LogP contribution < -0.4 is 11.1 Å². The average Bonchev–Trinajstić information content (AvgIpc) is 2.43. The van der Waals surface area contributed by atoms with Gasteiger partial charge in [0.1, 0.15) is 0 Å². The van der Waals surface area contributed by atoms with E-state index in [1.807, 2.05) is 6.92 Å². The molecule has 1 unspecified atom stereocenters. The molecule has 1 aliphatic rings. The molecule has 5 nitrogen and oxygen atoms in total. The van der Waals surface area contributed by atoms with Crippen molar-refractivity contribution in [2.24, 2.45) is 5.73 Å². The summed E-state index contributed by atoms with van der Waals surface area (Å²) in [6.45, 7) is 12.2. The van der Waals surface area contributed by atoms with Gasteiger partial charge in [-0.25, -0.2) is 0 Å². The van der Waals surface area contributed by atoms with Crippen molar-refractivity contribution in [3.8, 4) is 0 Å². The lowest BCUT2D eigenvalue weighted by molar-refractivity contribution is -0.123. The molecule has 0 bridgehead atoms. The predicted molar refractivity (Wildman–Crippen MR) is 83.7 cm³/mol. The molecule has 1 rings (SSSR count). The Balaban J connectivity index is 2.18. The molecule has 0 aliphatic carbocycles. The smallest absolute Gasteiger partial charge is 0.237 e. The summed E-state index contributed by atoms with van der Waals surface area (Å²) in [5.74, 6) is -0.259. The van der Waals surface area contributed by atoms with Crippen LogP contribution in [0.3, 0.4) is 0 Å². The van der Waals surface area contributed by atoms with E-state index in [0.29, 0.717) is 6.04 Å². The third-order valence-corrected chi connectivity index (χ3v) is 4.63. The Morgan fingerprint density at radius 3 is 2.30 bits per heavy atom. The van der Waals surface area contributed by atoms with Crippen LogP contribution in [0.2, 0.25) is 0 Å². The van der Waals surface area contributed by atoms with Gasteiger partial charge >= 0.3 is 0 Å². The van der Waals surface area contributed by atoms with Crippen molar-refractivity contribution in [3.63, 3.8) is 0 Å². The molecule has 20 heavy (non-hydrogen) atoms. The number of unbranched alkanes of at least 4 members (excludes halogenated alkanes) is 1. The van der Waals surface area contributed by atoms with Gasteiger partial charge in [0.25, 0.3) is 0 Å². The van der Waals surface area contributed by atoms with E-state index >= 15 is 0 Å². The molecule has 1 heterocycles. The number of rotatable bonds is 8. The fourth-order valence-electron chi connectivity index (χ4n) is 2.69. The van der Waals surface area contributed by atoms with E-state index in [2.05, 4.69) is 29.0 Å². The number of amides is 1. The van der Waals surface area contributed by atoms with Gasteiger partial charge in [-0.1, -0.05) is 0 Å². The lowest BCUT2D eigenvalue weighted by atomic mass is 9.94. The number of hydrogen-bond acceptors (Lipinski definition) is 4.